The number of carbonyl (C=O) groups is 1. The lowest BCUT2D eigenvalue weighted by molar-refractivity contribution is -0.384. The fourth-order valence-electron chi connectivity index (χ4n) is 2.82. The van der Waals surface area contributed by atoms with E-state index in [9.17, 15) is 14.9 Å². The normalized spacial score (nSPS) is 15.5. The van der Waals surface area contributed by atoms with Gasteiger partial charge in [0.15, 0.2) is 5.76 Å². The van der Waals surface area contributed by atoms with E-state index in [1.54, 1.807) is 23.1 Å². The fourth-order valence-corrected chi connectivity index (χ4v) is 2.82. The summed E-state index contributed by atoms with van der Waals surface area (Å²) in [6.07, 6.45) is 3.19. The third-order valence-electron chi connectivity index (χ3n) is 4.26. The number of aromatic nitrogens is 1. The van der Waals surface area contributed by atoms with Crippen molar-refractivity contribution in [1.29, 1.82) is 0 Å². The van der Waals surface area contributed by atoms with Crippen LogP contribution in [-0.2, 0) is 11.3 Å². The van der Waals surface area contributed by atoms with Gasteiger partial charge in [0, 0.05) is 50.5 Å². The molecule has 0 aliphatic carbocycles. The largest absolute Gasteiger partial charge is 0.360 e. The van der Waals surface area contributed by atoms with Crippen molar-refractivity contribution in [1.82, 2.24) is 15.0 Å². The number of non-ortho nitro benzene ring substituents is 1. The van der Waals surface area contributed by atoms with Crippen LogP contribution >= 0.6 is 0 Å². The second-order valence-corrected chi connectivity index (χ2v) is 6.22. The standard InChI is InChI=1S/C18H20N4O4/c1-14-12-17(26-19-14)13-20-8-10-21(11-9-20)18(23)7-4-15-2-5-16(6-3-15)22(24)25/h2-7,12H,8-11,13H2,1H3/b7-4+. The molecule has 1 aliphatic heterocycles. The summed E-state index contributed by atoms with van der Waals surface area (Å²) < 4.78 is 5.23. The Labute approximate surface area is 150 Å². The molecular formula is C18H20N4O4. The van der Waals surface area contributed by atoms with E-state index >= 15 is 0 Å². The molecule has 26 heavy (non-hydrogen) atoms. The van der Waals surface area contributed by atoms with Crippen LogP contribution < -0.4 is 0 Å². The molecular weight excluding hydrogens is 336 g/mol. The molecule has 2 heterocycles. The summed E-state index contributed by atoms with van der Waals surface area (Å²) in [4.78, 5) is 26.5. The van der Waals surface area contributed by atoms with Gasteiger partial charge in [-0.3, -0.25) is 19.8 Å². The van der Waals surface area contributed by atoms with Crippen molar-refractivity contribution >= 4 is 17.7 Å². The Hall–Kier alpha value is -3.00. The van der Waals surface area contributed by atoms with Crippen LogP contribution in [0.5, 0.6) is 0 Å². The first-order valence-electron chi connectivity index (χ1n) is 8.37. The number of nitrogens with zero attached hydrogens (tertiary/aromatic N) is 4. The van der Waals surface area contributed by atoms with E-state index in [4.69, 9.17) is 4.52 Å². The third kappa shape index (κ3) is 4.54. The average molecular weight is 356 g/mol. The fraction of sp³-hybridized carbons (Fsp3) is 0.333. The van der Waals surface area contributed by atoms with E-state index in [0.717, 1.165) is 30.1 Å². The van der Waals surface area contributed by atoms with Crippen LogP contribution in [0.25, 0.3) is 6.08 Å². The van der Waals surface area contributed by atoms with Gasteiger partial charge in [0.1, 0.15) is 0 Å². The quantitative estimate of drug-likeness (QED) is 0.463. The first-order chi connectivity index (χ1) is 12.5. The van der Waals surface area contributed by atoms with Crippen molar-refractivity contribution in [2.24, 2.45) is 0 Å². The van der Waals surface area contributed by atoms with E-state index in [2.05, 4.69) is 10.1 Å². The molecule has 0 bridgehead atoms. The van der Waals surface area contributed by atoms with Gasteiger partial charge in [0.05, 0.1) is 17.2 Å². The molecule has 8 nitrogen and oxygen atoms in total. The number of hydrogen-bond acceptors (Lipinski definition) is 6. The van der Waals surface area contributed by atoms with Gasteiger partial charge in [-0.25, -0.2) is 0 Å². The molecule has 1 aromatic carbocycles. The topological polar surface area (TPSA) is 92.7 Å². The number of benzene rings is 1. The number of amides is 1. The van der Waals surface area contributed by atoms with Gasteiger partial charge in [0.25, 0.3) is 5.69 Å². The monoisotopic (exact) mass is 356 g/mol. The van der Waals surface area contributed by atoms with Crippen molar-refractivity contribution in [2.45, 2.75) is 13.5 Å². The molecule has 0 saturated carbocycles. The molecule has 1 saturated heterocycles. The summed E-state index contributed by atoms with van der Waals surface area (Å²) >= 11 is 0. The Kier molecular flexibility index (Phi) is 5.43. The second-order valence-electron chi connectivity index (χ2n) is 6.22. The smallest absolute Gasteiger partial charge is 0.269 e. The minimum atomic E-state index is -0.446. The summed E-state index contributed by atoms with van der Waals surface area (Å²) in [5, 5.41) is 14.5. The van der Waals surface area contributed by atoms with Crippen LogP contribution in [0.3, 0.4) is 0 Å². The van der Waals surface area contributed by atoms with Crippen LogP contribution in [0.2, 0.25) is 0 Å². The maximum Gasteiger partial charge on any atom is 0.269 e. The molecule has 1 aromatic heterocycles. The maximum absolute atomic E-state index is 12.3. The lowest BCUT2D eigenvalue weighted by atomic mass is 10.2. The molecule has 2 aromatic rings. The van der Waals surface area contributed by atoms with E-state index in [-0.39, 0.29) is 11.6 Å². The number of rotatable bonds is 5. The van der Waals surface area contributed by atoms with E-state index in [0.29, 0.717) is 19.6 Å². The highest BCUT2D eigenvalue weighted by Crippen LogP contribution is 2.14. The highest BCUT2D eigenvalue weighted by atomic mass is 16.6. The molecule has 0 N–H and O–H groups in total. The van der Waals surface area contributed by atoms with Crippen LogP contribution in [0.4, 0.5) is 5.69 Å². The summed E-state index contributed by atoms with van der Waals surface area (Å²) in [5.74, 6) is 0.777. The Morgan fingerprint density at radius 2 is 1.96 bits per heavy atom. The van der Waals surface area contributed by atoms with Gasteiger partial charge in [-0.1, -0.05) is 5.16 Å². The van der Waals surface area contributed by atoms with Crippen LogP contribution in [0.1, 0.15) is 17.0 Å². The Morgan fingerprint density at radius 1 is 1.27 bits per heavy atom. The zero-order chi connectivity index (χ0) is 18.5. The molecule has 1 amide bonds. The van der Waals surface area contributed by atoms with Gasteiger partial charge in [-0.15, -0.1) is 0 Å². The van der Waals surface area contributed by atoms with Gasteiger partial charge in [-0.05, 0) is 30.7 Å². The van der Waals surface area contributed by atoms with Crippen LogP contribution in [0, 0.1) is 17.0 Å². The molecule has 8 heteroatoms. The summed E-state index contributed by atoms with van der Waals surface area (Å²) in [7, 11) is 0. The zero-order valence-corrected chi connectivity index (χ0v) is 14.5. The first kappa shape index (κ1) is 17.8. The number of carbonyl (C=O) groups excluding carboxylic acids is 1. The molecule has 0 radical (unpaired) electrons. The molecule has 0 spiro atoms. The highest BCUT2D eigenvalue weighted by molar-refractivity contribution is 5.91. The van der Waals surface area contributed by atoms with Crippen LogP contribution in [0.15, 0.2) is 40.9 Å². The third-order valence-corrected chi connectivity index (χ3v) is 4.26. The summed E-state index contributed by atoms with van der Waals surface area (Å²) in [5.41, 5.74) is 1.65. The van der Waals surface area contributed by atoms with Crippen molar-refractivity contribution in [3.63, 3.8) is 0 Å². The van der Waals surface area contributed by atoms with Gasteiger partial charge in [0.2, 0.25) is 5.91 Å². The minimum Gasteiger partial charge on any atom is -0.360 e. The van der Waals surface area contributed by atoms with E-state index < -0.39 is 4.92 Å². The van der Waals surface area contributed by atoms with E-state index in [1.807, 2.05) is 13.0 Å². The average Bonchev–Trinajstić information content (AvgIpc) is 3.05. The minimum absolute atomic E-state index is 0.0338. The number of piperazine rings is 1. The predicted molar refractivity (Wildman–Crippen MR) is 95.2 cm³/mol. The van der Waals surface area contributed by atoms with Crippen molar-refractivity contribution in [3.05, 3.63) is 63.5 Å². The van der Waals surface area contributed by atoms with Crippen LogP contribution in [-0.4, -0.2) is 52.0 Å². The van der Waals surface area contributed by atoms with Crippen molar-refractivity contribution < 1.29 is 14.2 Å². The van der Waals surface area contributed by atoms with Crippen molar-refractivity contribution in [2.75, 3.05) is 26.2 Å². The molecule has 1 aliphatic rings. The molecule has 0 unspecified atom stereocenters. The van der Waals surface area contributed by atoms with Gasteiger partial charge < -0.3 is 9.42 Å². The highest BCUT2D eigenvalue weighted by Gasteiger charge is 2.20. The van der Waals surface area contributed by atoms with Crippen molar-refractivity contribution in [3.8, 4) is 0 Å². The molecule has 3 rings (SSSR count). The molecule has 136 valence electrons. The number of nitro groups is 1. The lowest BCUT2D eigenvalue weighted by Crippen LogP contribution is -2.47. The second kappa shape index (κ2) is 7.92. The van der Waals surface area contributed by atoms with E-state index in [1.165, 1.54) is 18.2 Å². The number of nitro benzene ring substituents is 1. The van der Waals surface area contributed by atoms with Gasteiger partial charge >= 0.3 is 0 Å². The van der Waals surface area contributed by atoms with Gasteiger partial charge in [-0.2, -0.15) is 0 Å². The molecule has 1 fully saturated rings. The first-order valence-corrected chi connectivity index (χ1v) is 8.37. The summed E-state index contributed by atoms with van der Waals surface area (Å²) in [6, 6.07) is 8.02. The predicted octanol–water partition coefficient (Wildman–Crippen LogP) is 2.25. The number of aryl methyl sites for hydroxylation is 1. The SMILES string of the molecule is Cc1cc(CN2CCN(C(=O)/C=C/c3ccc([N+](=O)[O-])cc3)CC2)on1. The Balaban J connectivity index is 1.49. The zero-order valence-electron chi connectivity index (χ0n) is 14.5. The number of hydrogen-bond donors (Lipinski definition) is 0. The summed E-state index contributed by atoms with van der Waals surface area (Å²) in [6.45, 7) is 5.43. The lowest BCUT2D eigenvalue weighted by Gasteiger charge is -2.33. The maximum atomic E-state index is 12.3. The Morgan fingerprint density at radius 3 is 2.54 bits per heavy atom. The Bertz CT molecular complexity index is 805. The molecule has 0 atom stereocenters.